The minimum atomic E-state index is -0.654. The Morgan fingerprint density at radius 1 is 0.615 bits per heavy atom. The monoisotopic (exact) mass is 360 g/mol. The lowest BCUT2D eigenvalue weighted by atomic mass is 10.1. The van der Waals surface area contributed by atoms with Crippen molar-refractivity contribution in [1.29, 1.82) is 0 Å². The van der Waals surface area contributed by atoms with Crippen LogP contribution in [0.4, 0.5) is 0 Å². The summed E-state index contributed by atoms with van der Waals surface area (Å²) in [5, 5.41) is 4.00. The summed E-state index contributed by atoms with van der Waals surface area (Å²) in [6.07, 6.45) is 0. The zero-order valence-electron chi connectivity index (χ0n) is 16.1. The van der Waals surface area contributed by atoms with Crippen molar-refractivity contribution in [3.8, 4) is 0 Å². The van der Waals surface area contributed by atoms with E-state index in [0.717, 1.165) is 5.56 Å². The van der Waals surface area contributed by atoms with Crippen LogP contribution in [0, 0.1) is 27.7 Å². The maximum absolute atomic E-state index is 11.7. The summed E-state index contributed by atoms with van der Waals surface area (Å²) < 4.78 is 0. The molecule has 0 saturated heterocycles. The van der Waals surface area contributed by atoms with Gasteiger partial charge in [-0.1, -0.05) is 82.9 Å². The third kappa shape index (κ3) is 4.11. The van der Waals surface area contributed by atoms with Crippen molar-refractivity contribution >= 4 is 29.6 Å². The lowest BCUT2D eigenvalue weighted by molar-refractivity contribution is 0.101. The van der Waals surface area contributed by atoms with Crippen molar-refractivity contribution in [3.05, 3.63) is 88.5 Å². The van der Waals surface area contributed by atoms with Crippen molar-refractivity contribution in [1.82, 2.24) is 0 Å². The Balaban J connectivity index is 2.19. The second kappa shape index (κ2) is 7.56. The Morgan fingerprint density at radius 2 is 1.00 bits per heavy atom. The van der Waals surface area contributed by atoms with Gasteiger partial charge in [0.2, 0.25) is 0 Å². The van der Waals surface area contributed by atoms with E-state index in [-0.39, 0.29) is 5.78 Å². The molecule has 26 heavy (non-hydrogen) atoms. The molecular weight excluding hydrogens is 335 g/mol. The molecule has 0 aliphatic carbocycles. The standard InChI is InChI=1S/C24H25OP/c1-16-10-17(2)13-23(12-16)26(24-14-18(3)11-19(4)15-24)22-8-6-21(7-9-22)20(5)25/h6-15H,1-5H3. The van der Waals surface area contributed by atoms with Gasteiger partial charge in [-0.25, -0.2) is 0 Å². The molecule has 0 atom stereocenters. The van der Waals surface area contributed by atoms with Gasteiger partial charge in [-0.15, -0.1) is 0 Å². The summed E-state index contributed by atoms with van der Waals surface area (Å²) in [6, 6.07) is 21.8. The van der Waals surface area contributed by atoms with E-state index < -0.39 is 7.92 Å². The summed E-state index contributed by atoms with van der Waals surface area (Å²) >= 11 is 0. The molecule has 2 heteroatoms. The van der Waals surface area contributed by atoms with Gasteiger partial charge in [0.05, 0.1) is 0 Å². The van der Waals surface area contributed by atoms with Gasteiger partial charge in [0.1, 0.15) is 0 Å². The molecule has 3 aromatic rings. The lowest BCUT2D eigenvalue weighted by Gasteiger charge is -2.21. The predicted molar refractivity (Wildman–Crippen MR) is 114 cm³/mol. The fraction of sp³-hybridized carbons (Fsp3) is 0.208. The second-order valence-electron chi connectivity index (χ2n) is 7.13. The molecule has 0 aromatic heterocycles. The van der Waals surface area contributed by atoms with Gasteiger partial charge < -0.3 is 0 Å². The Kier molecular flexibility index (Phi) is 5.39. The Bertz CT molecular complexity index is 862. The SMILES string of the molecule is CC(=O)c1ccc(P(c2cc(C)cc(C)c2)c2cc(C)cc(C)c2)cc1. The van der Waals surface area contributed by atoms with Crippen molar-refractivity contribution in [2.24, 2.45) is 0 Å². The Morgan fingerprint density at radius 3 is 1.35 bits per heavy atom. The molecule has 1 nitrogen and oxygen atoms in total. The smallest absolute Gasteiger partial charge is 0.159 e. The van der Waals surface area contributed by atoms with Gasteiger partial charge in [-0.2, -0.15) is 0 Å². The molecule has 3 aromatic carbocycles. The fourth-order valence-corrected chi connectivity index (χ4v) is 6.12. The molecule has 3 rings (SSSR count). The number of benzene rings is 3. The third-order valence-electron chi connectivity index (χ3n) is 4.46. The first-order valence-corrected chi connectivity index (χ1v) is 10.3. The molecule has 0 N–H and O–H groups in total. The summed E-state index contributed by atoms with van der Waals surface area (Å²) in [7, 11) is -0.654. The number of ketones is 1. The molecule has 0 amide bonds. The zero-order valence-corrected chi connectivity index (χ0v) is 17.0. The van der Waals surface area contributed by atoms with Crippen LogP contribution in [0.1, 0.15) is 39.5 Å². The average molecular weight is 360 g/mol. The topological polar surface area (TPSA) is 17.1 Å². The van der Waals surface area contributed by atoms with Crippen molar-refractivity contribution in [3.63, 3.8) is 0 Å². The highest BCUT2D eigenvalue weighted by Crippen LogP contribution is 2.34. The van der Waals surface area contributed by atoms with Crippen LogP contribution in [0.2, 0.25) is 0 Å². The quantitative estimate of drug-likeness (QED) is 0.479. The van der Waals surface area contributed by atoms with E-state index in [0.29, 0.717) is 0 Å². The summed E-state index contributed by atoms with van der Waals surface area (Å²) in [5.74, 6) is 0.110. The van der Waals surface area contributed by atoms with Crippen LogP contribution in [0.5, 0.6) is 0 Å². The average Bonchev–Trinajstić information content (AvgIpc) is 2.53. The second-order valence-corrected chi connectivity index (χ2v) is 9.35. The van der Waals surface area contributed by atoms with Gasteiger partial charge >= 0.3 is 0 Å². The van der Waals surface area contributed by atoms with Crippen LogP contribution in [0.3, 0.4) is 0 Å². The molecule has 0 unspecified atom stereocenters. The normalized spacial score (nSPS) is 11.0. The van der Waals surface area contributed by atoms with Gasteiger partial charge in [0.25, 0.3) is 0 Å². The van der Waals surface area contributed by atoms with Crippen LogP contribution < -0.4 is 15.9 Å². The van der Waals surface area contributed by atoms with E-state index >= 15 is 0 Å². The van der Waals surface area contributed by atoms with Crippen LogP contribution in [0.25, 0.3) is 0 Å². The Labute approximate surface area is 157 Å². The van der Waals surface area contributed by atoms with E-state index in [4.69, 9.17) is 0 Å². The molecule has 0 spiro atoms. The number of hydrogen-bond donors (Lipinski definition) is 0. The molecule has 0 bridgehead atoms. The number of Topliss-reactive ketones (excluding diaryl/α,β-unsaturated/α-hetero) is 1. The van der Waals surface area contributed by atoms with E-state index in [9.17, 15) is 4.79 Å². The first kappa shape index (κ1) is 18.5. The zero-order chi connectivity index (χ0) is 18.8. The molecule has 0 saturated carbocycles. The highest BCUT2D eigenvalue weighted by molar-refractivity contribution is 7.79. The minimum absolute atomic E-state index is 0.110. The fourth-order valence-electron chi connectivity index (χ4n) is 3.45. The van der Waals surface area contributed by atoms with Crippen molar-refractivity contribution in [2.45, 2.75) is 34.6 Å². The molecule has 0 fully saturated rings. The minimum Gasteiger partial charge on any atom is -0.295 e. The molecule has 0 radical (unpaired) electrons. The van der Waals surface area contributed by atoms with Crippen LogP contribution >= 0.6 is 7.92 Å². The molecule has 0 aliphatic heterocycles. The molecular formula is C24H25OP. The van der Waals surface area contributed by atoms with Crippen LogP contribution in [0.15, 0.2) is 60.7 Å². The van der Waals surface area contributed by atoms with Gasteiger partial charge in [-0.05, 0) is 58.5 Å². The lowest BCUT2D eigenvalue weighted by Crippen LogP contribution is -2.22. The van der Waals surface area contributed by atoms with Crippen LogP contribution in [-0.2, 0) is 0 Å². The van der Waals surface area contributed by atoms with Crippen molar-refractivity contribution < 1.29 is 4.79 Å². The van der Waals surface area contributed by atoms with E-state index in [1.54, 1.807) is 6.92 Å². The van der Waals surface area contributed by atoms with E-state index in [1.807, 2.05) is 12.1 Å². The van der Waals surface area contributed by atoms with E-state index in [1.165, 1.54) is 38.2 Å². The molecule has 132 valence electrons. The number of hydrogen-bond acceptors (Lipinski definition) is 1. The third-order valence-corrected chi connectivity index (χ3v) is 6.83. The summed E-state index contributed by atoms with van der Waals surface area (Å²) in [6.45, 7) is 10.2. The highest BCUT2D eigenvalue weighted by Gasteiger charge is 2.18. The van der Waals surface area contributed by atoms with Crippen molar-refractivity contribution in [2.75, 3.05) is 0 Å². The van der Waals surface area contributed by atoms with Gasteiger partial charge in [-0.3, -0.25) is 4.79 Å². The Hall–Kier alpha value is -2.24. The number of rotatable bonds is 4. The van der Waals surface area contributed by atoms with Gasteiger partial charge in [0, 0.05) is 5.56 Å². The highest BCUT2D eigenvalue weighted by atomic mass is 31.1. The van der Waals surface area contributed by atoms with E-state index in [2.05, 4.69) is 76.2 Å². The predicted octanol–water partition coefficient (Wildman–Crippen LogP) is 4.88. The first-order valence-electron chi connectivity index (χ1n) is 8.91. The maximum atomic E-state index is 11.7. The first-order chi connectivity index (χ1) is 12.3. The van der Waals surface area contributed by atoms with Gasteiger partial charge in [0.15, 0.2) is 5.78 Å². The summed E-state index contributed by atoms with van der Waals surface area (Å²) in [4.78, 5) is 11.7. The largest absolute Gasteiger partial charge is 0.295 e. The molecule has 0 aliphatic rings. The number of aryl methyl sites for hydroxylation is 4. The molecule has 0 heterocycles. The summed E-state index contributed by atoms with van der Waals surface area (Å²) in [5.41, 5.74) is 5.92. The maximum Gasteiger partial charge on any atom is 0.159 e. The number of carbonyl (C=O) groups is 1. The number of carbonyl (C=O) groups excluding carboxylic acids is 1. The van der Waals surface area contributed by atoms with Crippen LogP contribution in [-0.4, -0.2) is 5.78 Å².